The number of hydrogen-bond acceptors (Lipinski definition) is 3. The molecule has 0 amide bonds. The number of alkyl halides is 3. The maximum Gasteiger partial charge on any atom is 0.470 e. The molecule has 1 aromatic heterocycles. The fourth-order valence-corrected chi connectivity index (χ4v) is 1.48. The lowest BCUT2D eigenvalue weighted by atomic mass is 10.2. The van der Waals surface area contributed by atoms with Crippen LogP contribution >= 0.6 is 15.9 Å². The lowest BCUT2D eigenvalue weighted by Crippen LogP contribution is -2.04. The topological polar surface area (TPSA) is 38.9 Å². The van der Waals surface area contributed by atoms with E-state index < -0.39 is 12.1 Å². The van der Waals surface area contributed by atoms with Crippen molar-refractivity contribution < 1.29 is 17.6 Å². The lowest BCUT2D eigenvalue weighted by molar-refractivity contribution is -0.156. The Morgan fingerprint density at radius 1 is 1.19 bits per heavy atom. The standard InChI is InChI=1S/C9H4BrF3N2O/c10-6-3-1-2-5(4-6)7-14-15-8(16-7)9(11,12)13/h1-4H. The molecule has 0 atom stereocenters. The molecule has 0 fully saturated rings. The minimum absolute atomic E-state index is 0.159. The minimum Gasteiger partial charge on any atom is -0.413 e. The first kappa shape index (κ1) is 11.1. The van der Waals surface area contributed by atoms with E-state index in [9.17, 15) is 13.2 Å². The Bertz CT molecular complexity index is 509. The third-order valence-electron chi connectivity index (χ3n) is 1.74. The highest BCUT2D eigenvalue weighted by molar-refractivity contribution is 9.10. The largest absolute Gasteiger partial charge is 0.470 e. The van der Waals surface area contributed by atoms with Crippen molar-refractivity contribution in [2.45, 2.75) is 6.18 Å². The van der Waals surface area contributed by atoms with Gasteiger partial charge in [-0.05, 0) is 18.2 Å². The summed E-state index contributed by atoms with van der Waals surface area (Å²) in [6, 6.07) is 6.58. The molecule has 84 valence electrons. The summed E-state index contributed by atoms with van der Waals surface area (Å²) in [7, 11) is 0. The summed E-state index contributed by atoms with van der Waals surface area (Å²) in [5.41, 5.74) is 0.428. The molecule has 0 aliphatic carbocycles. The summed E-state index contributed by atoms with van der Waals surface area (Å²) >= 11 is 3.19. The van der Waals surface area contributed by atoms with E-state index in [1.807, 2.05) is 0 Å². The zero-order valence-electron chi connectivity index (χ0n) is 7.62. The first-order valence-corrected chi connectivity index (χ1v) is 4.93. The number of aromatic nitrogens is 2. The number of halogens is 4. The van der Waals surface area contributed by atoms with E-state index >= 15 is 0 Å². The van der Waals surface area contributed by atoms with Gasteiger partial charge in [-0.15, -0.1) is 10.2 Å². The van der Waals surface area contributed by atoms with Crippen molar-refractivity contribution in [3.63, 3.8) is 0 Å². The third kappa shape index (κ3) is 2.24. The maximum absolute atomic E-state index is 12.2. The SMILES string of the molecule is FC(F)(F)c1nnc(-c2cccc(Br)c2)o1. The monoisotopic (exact) mass is 292 g/mol. The molecule has 2 rings (SSSR count). The fourth-order valence-electron chi connectivity index (χ4n) is 1.08. The van der Waals surface area contributed by atoms with Gasteiger partial charge in [-0.1, -0.05) is 22.0 Å². The van der Waals surface area contributed by atoms with E-state index in [0.717, 1.165) is 4.47 Å². The maximum atomic E-state index is 12.2. The summed E-state index contributed by atoms with van der Waals surface area (Å²) in [4.78, 5) is 0. The molecule has 3 nitrogen and oxygen atoms in total. The zero-order valence-corrected chi connectivity index (χ0v) is 9.21. The molecule has 2 aromatic rings. The van der Waals surface area contributed by atoms with Crippen LogP contribution in [0.3, 0.4) is 0 Å². The van der Waals surface area contributed by atoms with Crippen LogP contribution in [-0.2, 0) is 6.18 Å². The van der Waals surface area contributed by atoms with Gasteiger partial charge in [0.2, 0.25) is 5.89 Å². The second kappa shape index (κ2) is 3.89. The van der Waals surface area contributed by atoms with Crippen LogP contribution in [0.15, 0.2) is 33.2 Å². The van der Waals surface area contributed by atoms with Crippen LogP contribution in [-0.4, -0.2) is 10.2 Å². The molecule has 7 heteroatoms. The van der Waals surface area contributed by atoms with E-state index in [1.165, 1.54) is 0 Å². The molecule has 1 aromatic carbocycles. The van der Waals surface area contributed by atoms with Crippen molar-refractivity contribution in [1.82, 2.24) is 10.2 Å². The highest BCUT2D eigenvalue weighted by Gasteiger charge is 2.38. The predicted octanol–water partition coefficient (Wildman–Crippen LogP) is 3.52. The summed E-state index contributed by atoms with van der Waals surface area (Å²) in [5.74, 6) is -1.50. The van der Waals surface area contributed by atoms with Crippen LogP contribution in [0, 0.1) is 0 Å². The number of rotatable bonds is 1. The van der Waals surface area contributed by atoms with Crippen molar-refractivity contribution >= 4 is 15.9 Å². The predicted molar refractivity (Wildman–Crippen MR) is 52.4 cm³/mol. The Kier molecular flexibility index (Phi) is 2.71. The van der Waals surface area contributed by atoms with Gasteiger partial charge in [-0.2, -0.15) is 13.2 Å². The number of hydrogen-bond donors (Lipinski definition) is 0. The van der Waals surface area contributed by atoms with Gasteiger partial charge in [0.05, 0.1) is 0 Å². The summed E-state index contributed by atoms with van der Waals surface area (Å²) in [5, 5.41) is 6.27. The van der Waals surface area contributed by atoms with Gasteiger partial charge in [0.1, 0.15) is 0 Å². The van der Waals surface area contributed by atoms with E-state index in [4.69, 9.17) is 0 Å². The first-order valence-electron chi connectivity index (χ1n) is 4.13. The second-order valence-electron chi connectivity index (χ2n) is 2.92. The first-order chi connectivity index (χ1) is 7.47. The molecule has 1 heterocycles. The van der Waals surface area contributed by atoms with Gasteiger partial charge in [-0.25, -0.2) is 0 Å². The molecule has 0 aliphatic rings. The van der Waals surface area contributed by atoms with Gasteiger partial charge >= 0.3 is 12.1 Å². The Morgan fingerprint density at radius 2 is 1.94 bits per heavy atom. The van der Waals surface area contributed by atoms with Gasteiger partial charge in [0.25, 0.3) is 0 Å². The fraction of sp³-hybridized carbons (Fsp3) is 0.111. The molecule has 0 radical (unpaired) electrons. The summed E-state index contributed by atoms with van der Waals surface area (Å²) < 4.78 is 41.8. The minimum atomic E-state index is -4.61. The van der Waals surface area contributed by atoms with Crippen LogP contribution in [0.4, 0.5) is 13.2 Å². The highest BCUT2D eigenvalue weighted by Crippen LogP contribution is 2.30. The number of nitrogens with zero attached hydrogens (tertiary/aromatic N) is 2. The van der Waals surface area contributed by atoms with E-state index in [1.54, 1.807) is 24.3 Å². The quantitative estimate of drug-likeness (QED) is 0.807. The van der Waals surface area contributed by atoms with Crippen LogP contribution in [0.5, 0.6) is 0 Å². The molecule has 0 saturated carbocycles. The third-order valence-corrected chi connectivity index (χ3v) is 2.23. The average molecular weight is 293 g/mol. The molecule has 0 aliphatic heterocycles. The van der Waals surface area contributed by atoms with E-state index in [0.29, 0.717) is 5.56 Å². The highest BCUT2D eigenvalue weighted by atomic mass is 79.9. The normalized spacial score (nSPS) is 11.8. The Hall–Kier alpha value is -1.37. The molecule has 0 bridgehead atoms. The molecule has 0 spiro atoms. The average Bonchev–Trinajstić information content (AvgIpc) is 2.65. The van der Waals surface area contributed by atoms with Crippen LogP contribution in [0.1, 0.15) is 5.89 Å². The van der Waals surface area contributed by atoms with Gasteiger partial charge < -0.3 is 4.42 Å². The van der Waals surface area contributed by atoms with Gasteiger partial charge in [0.15, 0.2) is 0 Å². The van der Waals surface area contributed by atoms with Crippen LogP contribution in [0.2, 0.25) is 0 Å². The molecule has 16 heavy (non-hydrogen) atoms. The Morgan fingerprint density at radius 3 is 2.50 bits per heavy atom. The molecular weight excluding hydrogens is 289 g/mol. The summed E-state index contributed by atoms with van der Waals surface area (Å²) in [6.45, 7) is 0. The molecule has 0 saturated heterocycles. The van der Waals surface area contributed by atoms with E-state index in [-0.39, 0.29) is 5.89 Å². The van der Waals surface area contributed by atoms with Crippen molar-refractivity contribution in [2.24, 2.45) is 0 Å². The van der Waals surface area contributed by atoms with Crippen LogP contribution < -0.4 is 0 Å². The van der Waals surface area contributed by atoms with Gasteiger partial charge in [0, 0.05) is 10.0 Å². The van der Waals surface area contributed by atoms with Crippen molar-refractivity contribution in [3.05, 3.63) is 34.6 Å². The summed E-state index contributed by atoms with van der Waals surface area (Å²) in [6.07, 6.45) is -4.61. The van der Waals surface area contributed by atoms with Crippen LogP contribution in [0.25, 0.3) is 11.5 Å². The smallest absolute Gasteiger partial charge is 0.413 e. The van der Waals surface area contributed by atoms with Crippen molar-refractivity contribution in [2.75, 3.05) is 0 Å². The number of benzene rings is 1. The molecule has 0 unspecified atom stereocenters. The van der Waals surface area contributed by atoms with E-state index in [2.05, 4.69) is 30.5 Å². The second-order valence-corrected chi connectivity index (χ2v) is 3.84. The Balaban J connectivity index is 2.39. The molecular formula is C9H4BrF3N2O. The van der Waals surface area contributed by atoms with Gasteiger partial charge in [-0.3, -0.25) is 0 Å². The zero-order chi connectivity index (χ0) is 11.8. The Labute approximate surface area is 96.4 Å². The van der Waals surface area contributed by atoms with Crippen molar-refractivity contribution in [1.29, 1.82) is 0 Å². The van der Waals surface area contributed by atoms with Crippen molar-refractivity contribution in [3.8, 4) is 11.5 Å². The lowest BCUT2D eigenvalue weighted by Gasteiger charge is -1.98. The molecule has 0 N–H and O–H groups in total.